The zero-order chi connectivity index (χ0) is 14.0. The second kappa shape index (κ2) is 5.16. The van der Waals surface area contributed by atoms with Gasteiger partial charge in [-0.2, -0.15) is 0 Å². The van der Waals surface area contributed by atoms with Gasteiger partial charge in [-0.15, -0.1) is 0 Å². The van der Waals surface area contributed by atoms with Crippen LogP contribution in [0.1, 0.15) is 16.1 Å². The van der Waals surface area contributed by atoms with Gasteiger partial charge in [0.1, 0.15) is 5.75 Å². The summed E-state index contributed by atoms with van der Waals surface area (Å²) in [6, 6.07) is 7.83. The monoisotopic (exact) mass is 278 g/mol. The number of carboxylic acids is 1. The molecule has 0 atom stereocenters. The third-order valence-corrected chi connectivity index (χ3v) is 2.69. The highest BCUT2D eigenvalue weighted by Crippen LogP contribution is 2.29. The molecule has 1 heterocycles. The lowest BCUT2D eigenvalue weighted by Crippen LogP contribution is -2.04. The second-order valence-electron chi connectivity index (χ2n) is 3.91. The van der Waals surface area contributed by atoms with Crippen molar-refractivity contribution < 1.29 is 14.6 Å². The van der Waals surface area contributed by atoms with Crippen molar-refractivity contribution in [3.63, 3.8) is 0 Å². The number of nitrogen functional groups attached to an aromatic ring is 1. The maximum absolute atomic E-state index is 10.9. The number of aryl methyl sites for hydroxylation is 1. The quantitative estimate of drug-likeness (QED) is 0.901. The van der Waals surface area contributed by atoms with E-state index >= 15 is 0 Å². The smallest absolute Gasteiger partial charge is 0.354 e. The maximum atomic E-state index is 10.9. The van der Waals surface area contributed by atoms with Crippen molar-refractivity contribution in [1.82, 2.24) is 4.98 Å². The van der Waals surface area contributed by atoms with Crippen molar-refractivity contribution in [3.8, 4) is 11.6 Å². The number of carbonyl (C=O) groups is 1. The molecule has 98 valence electrons. The molecule has 5 nitrogen and oxygen atoms in total. The lowest BCUT2D eigenvalue weighted by molar-refractivity contribution is 0.0689. The van der Waals surface area contributed by atoms with Crippen LogP contribution >= 0.6 is 11.6 Å². The Hall–Kier alpha value is -2.27. The molecule has 0 spiro atoms. The minimum atomic E-state index is -1.14. The number of hydrogen-bond acceptors (Lipinski definition) is 4. The third-order valence-electron chi connectivity index (χ3n) is 2.45. The molecular formula is C13H11ClN2O3. The Morgan fingerprint density at radius 3 is 2.74 bits per heavy atom. The second-order valence-corrected chi connectivity index (χ2v) is 4.34. The number of rotatable bonds is 3. The first-order valence-electron chi connectivity index (χ1n) is 5.41. The molecule has 0 aliphatic carbocycles. The molecule has 0 fully saturated rings. The molecule has 0 aliphatic heterocycles. The molecule has 0 radical (unpaired) electrons. The van der Waals surface area contributed by atoms with Crippen LogP contribution in [0.25, 0.3) is 0 Å². The largest absolute Gasteiger partial charge is 0.477 e. The minimum Gasteiger partial charge on any atom is -0.477 e. The number of benzene rings is 1. The van der Waals surface area contributed by atoms with E-state index in [-0.39, 0.29) is 17.3 Å². The number of ether oxygens (including phenoxy) is 1. The summed E-state index contributed by atoms with van der Waals surface area (Å²) in [7, 11) is 0. The molecule has 0 aliphatic rings. The number of nitrogens with zero attached hydrogens (tertiary/aromatic N) is 1. The van der Waals surface area contributed by atoms with Gasteiger partial charge in [-0.1, -0.05) is 11.6 Å². The molecule has 2 aromatic rings. The molecule has 1 aromatic carbocycles. The Morgan fingerprint density at radius 2 is 2.11 bits per heavy atom. The average Bonchev–Trinajstić information content (AvgIpc) is 2.34. The fraction of sp³-hybridized carbons (Fsp3) is 0.0769. The van der Waals surface area contributed by atoms with Crippen molar-refractivity contribution in [3.05, 3.63) is 46.6 Å². The van der Waals surface area contributed by atoms with Crippen molar-refractivity contribution >= 4 is 23.3 Å². The Balaban J connectivity index is 2.37. The third kappa shape index (κ3) is 2.95. The van der Waals surface area contributed by atoms with E-state index in [9.17, 15) is 4.79 Å². The summed E-state index contributed by atoms with van der Waals surface area (Å²) in [6.07, 6.45) is 0. The molecule has 1 aromatic heterocycles. The molecule has 2 rings (SSSR count). The van der Waals surface area contributed by atoms with Gasteiger partial charge in [0.2, 0.25) is 5.88 Å². The standard InChI is InChI=1S/C13H11ClN2O3/c1-7-6-8(14)2-5-11(7)19-12-9(15)3-4-10(16-12)13(17)18/h2-6H,15H2,1H3,(H,17,18). The summed E-state index contributed by atoms with van der Waals surface area (Å²) >= 11 is 5.84. The van der Waals surface area contributed by atoms with Gasteiger partial charge >= 0.3 is 5.97 Å². The van der Waals surface area contributed by atoms with Gasteiger partial charge in [0.25, 0.3) is 0 Å². The lowest BCUT2D eigenvalue weighted by Gasteiger charge is -2.10. The highest BCUT2D eigenvalue weighted by Gasteiger charge is 2.11. The van der Waals surface area contributed by atoms with Crippen molar-refractivity contribution in [1.29, 1.82) is 0 Å². The van der Waals surface area contributed by atoms with Gasteiger partial charge in [-0.05, 0) is 42.8 Å². The highest BCUT2D eigenvalue weighted by atomic mass is 35.5. The first-order valence-corrected chi connectivity index (χ1v) is 5.79. The summed E-state index contributed by atoms with van der Waals surface area (Å²) in [5.41, 5.74) is 6.65. The summed E-state index contributed by atoms with van der Waals surface area (Å²) in [5.74, 6) is -0.561. The van der Waals surface area contributed by atoms with Crippen LogP contribution in [-0.2, 0) is 0 Å². The van der Waals surface area contributed by atoms with E-state index in [1.165, 1.54) is 12.1 Å². The number of nitrogens with two attached hydrogens (primary N) is 1. The van der Waals surface area contributed by atoms with Crippen molar-refractivity contribution in [2.75, 3.05) is 5.73 Å². The van der Waals surface area contributed by atoms with E-state index in [1.54, 1.807) is 18.2 Å². The number of aromatic nitrogens is 1. The number of hydrogen-bond donors (Lipinski definition) is 2. The predicted molar refractivity (Wildman–Crippen MR) is 71.9 cm³/mol. The Bertz CT molecular complexity index is 644. The highest BCUT2D eigenvalue weighted by molar-refractivity contribution is 6.30. The van der Waals surface area contributed by atoms with Crippen molar-refractivity contribution in [2.45, 2.75) is 6.92 Å². The molecule has 0 saturated heterocycles. The van der Waals surface area contributed by atoms with E-state index in [1.807, 2.05) is 6.92 Å². The van der Waals surface area contributed by atoms with Crippen LogP contribution in [0.2, 0.25) is 5.02 Å². The fourth-order valence-corrected chi connectivity index (χ4v) is 1.71. The van der Waals surface area contributed by atoms with Gasteiger partial charge in [0.15, 0.2) is 5.69 Å². The normalized spacial score (nSPS) is 10.2. The van der Waals surface area contributed by atoms with Crippen LogP contribution in [-0.4, -0.2) is 16.1 Å². The first kappa shape index (κ1) is 13.2. The number of pyridine rings is 1. The predicted octanol–water partition coefficient (Wildman–Crippen LogP) is 3.12. The molecule has 19 heavy (non-hydrogen) atoms. The zero-order valence-electron chi connectivity index (χ0n) is 10.1. The van der Waals surface area contributed by atoms with Crippen LogP contribution in [0.3, 0.4) is 0 Å². The summed E-state index contributed by atoms with van der Waals surface area (Å²) in [5, 5.41) is 9.47. The van der Waals surface area contributed by atoms with Crippen LogP contribution in [0.15, 0.2) is 30.3 Å². The fourth-order valence-electron chi connectivity index (χ4n) is 1.48. The van der Waals surface area contributed by atoms with E-state index in [2.05, 4.69) is 4.98 Å². The number of carboxylic acid groups (broad SMARTS) is 1. The lowest BCUT2D eigenvalue weighted by atomic mass is 10.2. The molecule has 0 saturated carbocycles. The van der Waals surface area contributed by atoms with Crippen LogP contribution in [0, 0.1) is 6.92 Å². The number of aromatic carboxylic acids is 1. The molecular weight excluding hydrogens is 268 g/mol. The van der Waals surface area contributed by atoms with Crippen LogP contribution in [0.5, 0.6) is 11.6 Å². The first-order chi connectivity index (χ1) is 8.97. The molecule has 0 unspecified atom stereocenters. The van der Waals surface area contributed by atoms with E-state index < -0.39 is 5.97 Å². The Labute approximate surface area is 114 Å². The van der Waals surface area contributed by atoms with Gasteiger partial charge in [-0.3, -0.25) is 0 Å². The van der Waals surface area contributed by atoms with Gasteiger partial charge in [0.05, 0.1) is 5.69 Å². The minimum absolute atomic E-state index is 0.0605. The van der Waals surface area contributed by atoms with Gasteiger partial charge in [0, 0.05) is 5.02 Å². The average molecular weight is 279 g/mol. The molecule has 6 heteroatoms. The molecule has 0 amide bonds. The number of halogens is 1. The van der Waals surface area contributed by atoms with Crippen LogP contribution < -0.4 is 10.5 Å². The summed E-state index contributed by atoms with van der Waals surface area (Å²) in [6.45, 7) is 1.82. The van der Waals surface area contributed by atoms with Crippen molar-refractivity contribution in [2.24, 2.45) is 0 Å². The summed E-state index contributed by atoms with van der Waals surface area (Å²) in [4.78, 5) is 14.7. The van der Waals surface area contributed by atoms with Crippen LogP contribution in [0.4, 0.5) is 5.69 Å². The maximum Gasteiger partial charge on any atom is 0.354 e. The van der Waals surface area contributed by atoms with E-state index in [0.29, 0.717) is 10.8 Å². The van der Waals surface area contributed by atoms with Gasteiger partial charge < -0.3 is 15.6 Å². The Morgan fingerprint density at radius 1 is 1.37 bits per heavy atom. The zero-order valence-corrected chi connectivity index (χ0v) is 10.8. The molecule has 3 N–H and O–H groups in total. The topological polar surface area (TPSA) is 85.4 Å². The van der Waals surface area contributed by atoms with Gasteiger partial charge in [-0.25, -0.2) is 9.78 Å². The number of anilines is 1. The summed E-state index contributed by atoms with van der Waals surface area (Å²) < 4.78 is 5.53. The Kier molecular flexibility index (Phi) is 3.57. The molecule has 0 bridgehead atoms. The SMILES string of the molecule is Cc1cc(Cl)ccc1Oc1nc(C(=O)O)ccc1N. The van der Waals surface area contributed by atoms with E-state index in [4.69, 9.17) is 27.2 Å². The van der Waals surface area contributed by atoms with E-state index in [0.717, 1.165) is 5.56 Å².